The Bertz CT molecular complexity index is 577. The predicted octanol–water partition coefficient (Wildman–Crippen LogP) is 2.71. The minimum absolute atomic E-state index is 0.00501. The van der Waals surface area contributed by atoms with Gasteiger partial charge in [-0.25, -0.2) is 4.79 Å². The Labute approximate surface area is 150 Å². The van der Waals surface area contributed by atoms with E-state index in [1.54, 1.807) is 0 Å². The van der Waals surface area contributed by atoms with Crippen LogP contribution in [0.4, 0.5) is 0 Å². The van der Waals surface area contributed by atoms with E-state index in [1.807, 2.05) is 6.08 Å². The highest BCUT2D eigenvalue weighted by atomic mass is 28.4. The fourth-order valence-corrected chi connectivity index (χ4v) is 4.46. The highest BCUT2D eigenvalue weighted by molar-refractivity contribution is 6.74. The second-order valence-electron chi connectivity index (χ2n) is 8.47. The summed E-state index contributed by atoms with van der Waals surface area (Å²) in [6, 6.07) is 0. The first-order valence-corrected chi connectivity index (χ1v) is 11.7. The second-order valence-corrected chi connectivity index (χ2v) is 13.2. The fraction of sp³-hybridized carbons (Fsp3) is 0.778. The Morgan fingerprint density at radius 2 is 2.04 bits per heavy atom. The van der Waals surface area contributed by atoms with Crippen molar-refractivity contribution in [1.29, 1.82) is 0 Å². The Balaban J connectivity index is 2.36. The normalized spacial score (nSPS) is 31.2. The van der Waals surface area contributed by atoms with Gasteiger partial charge >= 0.3 is 11.9 Å². The maximum atomic E-state index is 12.4. The molecule has 1 aliphatic carbocycles. The van der Waals surface area contributed by atoms with Crippen LogP contribution in [-0.4, -0.2) is 49.8 Å². The summed E-state index contributed by atoms with van der Waals surface area (Å²) in [6.07, 6.45) is 2.16. The largest absolute Gasteiger partial charge is 0.455 e. The molecular formula is C18H30O6Si. The van der Waals surface area contributed by atoms with Gasteiger partial charge in [0.05, 0.1) is 6.10 Å². The maximum Gasteiger partial charge on any atom is 0.351 e. The number of ether oxygens (including phenoxy) is 2. The molecule has 1 aliphatic heterocycles. The summed E-state index contributed by atoms with van der Waals surface area (Å²) in [6.45, 7) is 12.1. The first-order valence-electron chi connectivity index (χ1n) is 8.81. The third-order valence-electron chi connectivity index (χ3n) is 5.49. The van der Waals surface area contributed by atoms with E-state index >= 15 is 0 Å². The summed E-state index contributed by atoms with van der Waals surface area (Å²) in [7, 11) is -2.11. The number of carbonyl (C=O) groups is 2. The first kappa shape index (κ1) is 20.1. The number of fused-ring (bicyclic) bond motifs is 2. The van der Waals surface area contributed by atoms with Gasteiger partial charge in [0.1, 0.15) is 6.10 Å². The molecule has 25 heavy (non-hydrogen) atoms. The Kier molecular flexibility index (Phi) is 5.52. The molecule has 2 rings (SSSR count). The van der Waals surface area contributed by atoms with E-state index in [0.29, 0.717) is 12.8 Å². The standard InChI is InChI=1S/C18H30O6Si/c1-12(20)23-18-10-14(22-16(18)21)13(8-7-9-19)15(11-18)24-25(5,6)17(2,3)4/h8,14-15,19H,7,9-11H2,1-6H3/b13-8+/t14-,15-,18-/m1/s1. The van der Waals surface area contributed by atoms with Crippen LogP contribution in [0.3, 0.4) is 0 Å². The lowest BCUT2D eigenvalue weighted by Gasteiger charge is -2.43. The summed E-state index contributed by atoms with van der Waals surface area (Å²) in [5.74, 6) is -0.990. The van der Waals surface area contributed by atoms with Crippen LogP contribution in [0.25, 0.3) is 0 Å². The number of carbonyl (C=O) groups excluding carboxylic acids is 2. The van der Waals surface area contributed by atoms with Crippen LogP contribution in [0.1, 0.15) is 47.0 Å². The van der Waals surface area contributed by atoms with Crippen molar-refractivity contribution in [2.45, 2.75) is 82.9 Å². The number of esters is 2. The van der Waals surface area contributed by atoms with Gasteiger partial charge in [-0.15, -0.1) is 0 Å². The SMILES string of the molecule is CC(=O)O[C@@]12C[C@@H](OC1=O)/C(=C\CCO)[C@H](O[Si](C)(C)C(C)(C)C)C2. The monoisotopic (exact) mass is 370 g/mol. The van der Waals surface area contributed by atoms with Crippen LogP contribution >= 0.6 is 0 Å². The Morgan fingerprint density at radius 1 is 1.40 bits per heavy atom. The van der Waals surface area contributed by atoms with Crippen LogP contribution in [0.15, 0.2) is 11.6 Å². The predicted molar refractivity (Wildman–Crippen MR) is 95.5 cm³/mol. The van der Waals surface area contributed by atoms with Crippen molar-refractivity contribution < 1.29 is 28.6 Å². The van der Waals surface area contributed by atoms with Crippen LogP contribution < -0.4 is 0 Å². The van der Waals surface area contributed by atoms with E-state index in [-0.39, 0.29) is 24.2 Å². The number of rotatable bonds is 5. The highest BCUT2D eigenvalue weighted by Crippen LogP contribution is 2.47. The molecule has 6 nitrogen and oxygen atoms in total. The van der Waals surface area contributed by atoms with Crippen molar-refractivity contribution in [2.75, 3.05) is 6.61 Å². The van der Waals surface area contributed by atoms with Crippen molar-refractivity contribution in [1.82, 2.24) is 0 Å². The zero-order chi connectivity index (χ0) is 19.0. The lowest BCUT2D eigenvalue weighted by Crippen LogP contribution is -2.51. The molecule has 0 radical (unpaired) electrons. The van der Waals surface area contributed by atoms with E-state index < -0.39 is 32.0 Å². The summed E-state index contributed by atoms with van der Waals surface area (Å²) >= 11 is 0. The lowest BCUT2D eigenvalue weighted by atomic mass is 9.80. The van der Waals surface area contributed by atoms with Crippen LogP contribution in [-0.2, 0) is 23.5 Å². The zero-order valence-corrected chi connectivity index (χ0v) is 17.0. The molecule has 1 heterocycles. The van der Waals surface area contributed by atoms with Gasteiger partial charge in [0.15, 0.2) is 8.32 Å². The van der Waals surface area contributed by atoms with Gasteiger partial charge in [-0.1, -0.05) is 26.8 Å². The molecule has 2 bridgehead atoms. The average Bonchev–Trinajstić information content (AvgIpc) is 2.68. The summed E-state index contributed by atoms with van der Waals surface area (Å²) in [4.78, 5) is 24.0. The van der Waals surface area contributed by atoms with Gasteiger partial charge in [-0.2, -0.15) is 0 Å². The molecule has 0 unspecified atom stereocenters. The summed E-state index contributed by atoms with van der Waals surface area (Å²) in [5.41, 5.74) is -0.368. The van der Waals surface area contributed by atoms with Gasteiger partial charge in [-0.05, 0) is 30.1 Å². The maximum absolute atomic E-state index is 12.4. The Morgan fingerprint density at radius 3 is 2.56 bits per heavy atom. The van der Waals surface area contributed by atoms with E-state index in [1.165, 1.54) is 6.92 Å². The number of hydrogen-bond donors (Lipinski definition) is 1. The van der Waals surface area contributed by atoms with Crippen LogP contribution in [0.5, 0.6) is 0 Å². The number of hydrogen-bond acceptors (Lipinski definition) is 6. The first-order chi connectivity index (χ1) is 11.4. The quantitative estimate of drug-likeness (QED) is 0.455. The van der Waals surface area contributed by atoms with E-state index in [9.17, 15) is 14.7 Å². The molecule has 0 aromatic rings. The summed E-state index contributed by atoms with van der Waals surface area (Å²) in [5, 5.41) is 9.19. The molecule has 2 aliphatic rings. The fourth-order valence-electron chi connectivity index (χ4n) is 3.17. The van der Waals surface area contributed by atoms with Gasteiger partial charge < -0.3 is 19.0 Å². The average molecular weight is 371 g/mol. The van der Waals surface area contributed by atoms with Crippen molar-refractivity contribution in [3.8, 4) is 0 Å². The van der Waals surface area contributed by atoms with Crippen molar-refractivity contribution in [3.63, 3.8) is 0 Å². The van der Waals surface area contributed by atoms with Crippen molar-refractivity contribution in [3.05, 3.63) is 11.6 Å². The highest BCUT2D eigenvalue weighted by Gasteiger charge is 2.60. The van der Waals surface area contributed by atoms with Crippen molar-refractivity contribution >= 4 is 20.3 Å². The van der Waals surface area contributed by atoms with E-state index in [2.05, 4.69) is 33.9 Å². The molecule has 1 saturated carbocycles. The number of aliphatic hydroxyl groups excluding tert-OH is 1. The van der Waals surface area contributed by atoms with Crippen molar-refractivity contribution in [2.24, 2.45) is 0 Å². The van der Waals surface area contributed by atoms with Gasteiger partial charge in [0.25, 0.3) is 0 Å². The molecule has 0 aromatic carbocycles. The van der Waals surface area contributed by atoms with Gasteiger partial charge in [-0.3, -0.25) is 4.79 Å². The van der Waals surface area contributed by atoms with Crippen LogP contribution in [0.2, 0.25) is 18.1 Å². The molecule has 1 N–H and O–H groups in total. The summed E-state index contributed by atoms with van der Waals surface area (Å²) < 4.78 is 17.5. The molecule has 1 saturated heterocycles. The van der Waals surface area contributed by atoms with Gasteiger partial charge in [0.2, 0.25) is 5.60 Å². The van der Waals surface area contributed by atoms with E-state index in [4.69, 9.17) is 13.9 Å². The molecule has 142 valence electrons. The molecular weight excluding hydrogens is 340 g/mol. The molecule has 0 spiro atoms. The molecule has 2 fully saturated rings. The smallest absolute Gasteiger partial charge is 0.351 e. The zero-order valence-electron chi connectivity index (χ0n) is 16.0. The van der Waals surface area contributed by atoms with E-state index in [0.717, 1.165) is 5.57 Å². The molecule has 0 aromatic heterocycles. The minimum atomic E-state index is -2.11. The molecule has 7 heteroatoms. The third-order valence-corrected chi connectivity index (χ3v) is 9.97. The minimum Gasteiger partial charge on any atom is -0.455 e. The second kappa shape index (κ2) is 6.85. The third kappa shape index (κ3) is 3.98. The lowest BCUT2D eigenvalue weighted by molar-refractivity contribution is -0.172. The molecule has 3 atom stereocenters. The van der Waals surface area contributed by atoms with Gasteiger partial charge in [0, 0.05) is 26.4 Å². The van der Waals surface area contributed by atoms with Crippen LogP contribution in [0, 0.1) is 0 Å². The number of aliphatic hydroxyl groups is 1. The Hall–Kier alpha value is -1.18. The molecule has 0 amide bonds. The topological polar surface area (TPSA) is 82.1 Å².